The molecule has 5 N–H and O–H groups in total. The number of aliphatic hydroxyl groups is 3. The van der Waals surface area contributed by atoms with Crippen molar-refractivity contribution in [1.82, 2.24) is 10.3 Å². The Labute approximate surface area is 166 Å². The van der Waals surface area contributed by atoms with E-state index in [0.717, 1.165) is 12.1 Å². The molecule has 0 aliphatic rings. The van der Waals surface area contributed by atoms with Crippen LogP contribution in [-0.4, -0.2) is 39.9 Å². The van der Waals surface area contributed by atoms with Gasteiger partial charge in [-0.05, 0) is 51.7 Å². The van der Waals surface area contributed by atoms with Gasteiger partial charge in [-0.15, -0.1) is 0 Å². The number of carbonyl (C=O) groups is 1. The molecule has 0 spiro atoms. The number of benzene rings is 1. The number of aliphatic hydroxyl groups excluding tert-OH is 3. The maximum atomic E-state index is 12.4. The molecule has 1 aromatic carbocycles. The summed E-state index contributed by atoms with van der Waals surface area (Å²) in [6, 6.07) is 3.47. The van der Waals surface area contributed by atoms with E-state index in [-0.39, 0.29) is 19.8 Å². The summed E-state index contributed by atoms with van der Waals surface area (Å²) in [6.07, 6.45) is 0.720. The van der Waals surface area contributed by atoms with Crippen LogP contribution in [0.5, 0.6) is 0 Å². The molecule has 0 atom stereocenters. The molecule has 2 rings (SSSR count). The zero-order chi connectivity index (χ0) is 20.0. The molecule has 0 radical (unpaired) electrons. The van der Waals surface area contributed by atoms with Crippen LogP contribution in [0.4, 0.5) is 0 Å². The van der Waals surface area contributed by atoms with Crippen molar-refractivity contribution in [1.29, 1.82) is 0 Å². The van der Waals surface area contributed by atoms with Crippen LogP contribution in [0.25, 0.3) is 11.1 Å². The maximum absolute atomic E-state index is 12.4. The summed E-state index contributed by atoms with van der Waals surface area (Å²) in [5.74, 6) is -0.466. The fourth-order valence-electron chi connectivity index (χ4n) is 3.02. The molecule has 7 nitrogen and oxygen atoms in total. The predicted molar refractivity (Wildman–Crippen MR) is 105 cm³/mol. The quantitative estimate of drug-likeness (QED) is 0.382. The van der Waals surface area contributed by atoms with E-state index in [1.807, 2.05) is 6.92 Å². The Morgan fingerprint density at radius 3 is 2.44 bits per heavy atom. The summed E-state index contributed by atoms with van der Waals surface area (Å²) >= 11 is 3.49. The van der Waals surface area contributed by atoms with Crippen molar-refractivity contribution in [3.8, 4) is 11.1 Å². The predicted octanol–water partition coefficient (Wildman–Crippen LogP) is 2.21. The fourth-order valence-corrected chi connectivity index (χ4v) is 3.74. The van der Waals surface area contributed by atoms with Crippen LogP contribution < -0.4 is 5.32 Å². The zero-order valence-electron chi connectivity index (χ0n) is 15.4. The van der Waals surface area contributed by atoms with Gasteiger partial charge < -0.3 is 30.4 Å². The highest BCUT2D eigenvalue weighted by Gasteiger charge is 2.25. The van der Waals surface area contributed by atoms with E-state index >= 15 is 0 Å². The van der Waals surface area contributed by atoms with Gasteiger partial charge in [-0.25, -0.2) is 4.79 Å². The van der Waals surface area contributed by atoms with Gasteiger partial charge in [0.25, 0.3) is 0 Å². The van der Waals surface area contributed by atoms with Crippen molar-refractivity contribution in [2.75, 3.05) is 13.7 Å². The molecule has 1 heterocycles. The first-order chi connectivity index (χ1) is 13.0. The lowest BCUT2D eigenvalue weighted by molar-refractivity contribution is 0.0497. The molecule has 0 unspecified atom stereocenters. The van der Waals surface area contributed by atoms with Gasteiger partial charge in [0.2, 0.25) is 0 Å². The number of carbonyl (C=O) groups excluding carboxylic acids is 1. The van der Waals surface area contributed by atoms with E-state index in [1.54, 1.807) is 19.2 Å². The number of aromatic amines is 1. The molecular weight excluding hydrogens is 416 g/mol. The highest BCUT2D eigenvalue weighted by atomic mass is 79.9. The Morgan fingerprint density at radius 1 is 1.19 bits per heavy atom. The minimum absolute atomic E-state index is 0.241. The minimum Gasteiger partial charge on any atom is -0.461 e. The number of aromatic nitrogens is 1. The van der Waals surface area contributed by atoms with Crippen LogP contribution in [0.1, 0.15) is 46.2 Å². The Kier molecular flexibility index (Phi) is 8.00. The Balaban J connectivity index is 2.67. The molecule has 2 aromatic rings. The van der Waals surface area contributed by atoms with E-state index in [9.17, 15) is 20.1 Å². The second-order valence-electron chi connectivity index (χ2n) is 6.04. The summed E-state index contributed by atoms with van der Waals surface area (Å²) in [7, 11) is 1.79. The third-order valence-corrected chi connectivity index (χ3v) is 5.09. The Bertz CT molecular complexity index is 804. The van der Waals surface area contributed by atoms with E-state index in [1.165, 1.54) is 0 Å². The molecule has 0 aliphatic carbocycles. The minimum atomic E-state index is -0.466. The second-order valence-corrected chi connectivity index (χ2v) is 6.83. The Morgan fingerprint density at radius 2 is 1.89 bits per heavy atom. The van der Waals surface area contributed by atoms with Gasteiger partial charge in [-0.3, -0.25) is 0 Å². The molecule has 0 fully saturated rings. The zero-order valence-corrected chi connectivity index (χ0v) is 17.0. The summed E-state index contributed by atoms with van der Waals surface area (Å²) in [5.41, 5.74) is 3.95. The van der Waals surface area contributed by atoms with Gasteiger partial charge >= 0.3 is 5.97 Å². The number of ether oxygens (including phenoxy) is 1. The van der Waals surface area contributed by atoms with Gasteiger partial charge in [0.05, 0.1) is 30.9 Å². The van der Waals surface area contributed by atoms with Crippen LogP contribution >= 0.6 is 15.9 Å². The van der Waals surface area contributed by atoms with Crippen molar-refractivity contribution in [2.45, 2.75) is 39.7 Å². The molecule has 148 valence electrons. The maximum Gasteiger partial charge on any atom is 0.355 e. The number of nitrogens with one attached hydrogen (secondary N) is 2. The number of rotatable bonds is 9. The average molecular weight is 441 g/mol. The van der Waals surface area contributed by atoms with Gasteiger partial charge in [0, 0.05) is 17.8 Å². The van der Waals surface area contributed by atoms with Gasteiger partial charge in [0.15, 0.2) is 0 Å². The highest BCUT2D eigenvalue weighted by molar-refractivity contribution is 9.10. The lowest BCUT2D eigenvalue weighted by atomic mass is 9.92. The first kappa shape index (κ1) is 21.6. The average Bonchev–Trinajstić information content (AvgIpc) is 3.00. The monoisotopic (exact) mass is 440 g/mol. The number of hydrogen-bond donors (Lipinski definition) is 5. The standard InChI is InChI=1S/C19H25BrN2O5/c1-3-6-27-19(26)18-17(20)16(15(22-18)7-21-2)12-5-4-11(8-23)13(9-24)14(12)10-25/h4-5,21-25H,3,6-10H2,1-2H3. The number of hydrogen-bond acceptors (Lipinski definition) is 6. The smallest absolute Gasteiger partial charge is 0.355 e. The number of H-pyrrole nitrogens is 1. The van der Waals surface area contributed by atoms with Gasteiger partial charge in [-0.1, -0.05) is 19.1 Å². The van der Waals surface area contributed by atoms with E-state index < -0.39 is 5.97 Å². The largest absolute Gasteiger partial charge is 0.461 e. The van der Waals surface area contributed by atoms with Crippen molar-refractivity contribution >= 4 is 21.9 Å². The second kappa shape index (κ2) is 10.0. The number of halogens is 1. The molecule has 8 heteroatoms. The first-order valence-electron chi connectivity index (χ1n) is 8.72. The molecular formula is C19H25BrN2O5. The SMILES string of the molecule is CCCOC(=O)c1[nH]c(CNC)c(-c2ccc(CO)c(CO)c2CO)c1Br. The van der Waals surface area contributed by atoms with Gasteiger partial charge in [-0.2, -0.15) is 0 Å². The third kappa shape index (κ3) is 4.41. The summed E-state index contributed by atoms with van der Waals surface area (Å²) in [6.45, 7) is 1.83. The molecule has 1 aromatic heterocycles. The van der Waals surface area contributed by atoms with Crippen molar-refractivity contribution in [2.24, 2.45) is 0 Å². The van der Waals surface area contributed by atoms with E-state index in [0.29, 0.717) is 51.1 Å². The van der Waals surface area contributed by atoms with Crippen LogP contribution in [0.3, 0.4) is 0 Å². The van der Waals surface area contributed by atoms with E-state index in [2.05, 4.69) is 26.2 Å². The molecule has 0 aliphatic heterocycles. The third-order valence-electron chi connectivity index (χ3n) is 4.30. The lowest BCUT2D eigenvalue weighted by Gasteiger charge is -2.16. The van der Waals surface area contributed by atoms with Gasteiger partial charge in [0.1, 0.15) is 5.69 Å². The molecule has 0 saturated heterocycles. The fraction of sp³-hybridized carbons (Fsp3) is 0.421. The van der Waals surface area contributed by atoms with Crippen LogP contribution in [0.15, 0.2) is 16.6 Å². The van der Waals surface area contributed by atoms with E-state index in [4.69, 9.17) is 4.74 Å². The molecule has 27 heavy (non-hydrogen) atoms. The summed E-state index contributed by atoms with van der Waals surface area (Å²) in [5, 5.41) is 32.2. The lowest BCUT2D eigenvalue weighted by Crippen LogP contribution is -2.09. The first-order valence-corrected chi connectivity index (χ1v) is 9.51. The molecule has 0 bridgehead atoms. The van der Waals surface area contributed by atoms with Crippen molar-refractivity contribution in [3.05, 3.63) is 44.7 Å². The normalized spacial score (nSPS) is 11.0. The molecule has 0 amide bonds. The van der Waals surface area contributed by atoms with Crippen LogP contribution in [0, 0.1) is 0 Å². The van der Waals surface area contributed by atoms with Crippen molar-refractivity contribution < 1.29 is 24.9 Å². The number of esters is 1. The Hall–Kier alpha value is -1.71. The summed E-state index contributed by atoms with van der Waals surface area (Å²) < 4.78 is 5.77. The molecule has 0 saturated carbocycles. The topological polar surface area (TPSA) is 115 Å². The van der Waals surface area contributed by atoms with Crippen LogP contribution in [-0.2, 0) is 31.1 Å². The van der Waals surface area contributed by atoms with Crippen LogP contribution in [0.2, 0.25) is 0 Å². The van der Waals surface area contributed by atoms with Crippen molar-refractivity contribution in [3.63, 3.8) is 0 Å². The summed E-state index contributed by atoms with van der Waals surface area (Å²) in [4.78, 5) is 15.5. The highest BCUT2D eigenvalue weighted by Crippen LogP contribution is 2.39.